The van der Waals surface area contributed by atoms with Gasteiger partial charge in [0.1, 0.15) is 35.6 Å². The Morgan fingerprint density at radius 3 is 2.66 bits per heavy atom. The summed E-state index contributed by atoms with van der Waals surface area (Å²) in [6, 6.07) is 11.7. The summed E-state index contributed by atoms with van der Waals surface area (Å²) in [7, 11) is 0. The van der Waals surface area contributed by atoms with Gasteiger partial charge in [0, 0.05) is 61.7 Å². The van der Waals surface area contributed by atoms with Crippen LogP contribution in [0.25, 0.3) is 0 Å². The Morgan fingerprint density at radius 1 is 1.15 bits per heavy atom. The second-order valence-corrected chi connectivity index (χ2v) is 10.5. The first kappa shape index (κ1) is 28.5. The number of piperazine rings is 1. The van der Waals surface area contributed by atoms with Crippen LogP contribution in [0.1, 0.15) is 12.0 Å². The molecule has 5 rings (SSSR count). The lowest BCUT2D eigenvalue weighted by Gasteiger charge is -2.35. The molecule has 2 fully saturated rings. The van der Waals surface area contributed by atoms with Crippen molar-refractivity contribution in [2.24, 2.45) is 11.7 Å². The Balaban J connectivity index is 1.14. The van der Waals surface area contributed by atoms with E-state index in [4.69, 9.17) is 15.2 Å². The quantitative estimate of drug-likeness (QED) is 0.350. The smallest absolute Gasteiger partial charge is 0.137 e. The van der Waals surface area contributed by atoms with Crippen LogP contribution in [0, 0.1) is 17.6 Å². The Kier molecular flexibility index (Phi) is 9.11. The number of halogens is 2. The number of ether oxygens (including phenoxy) is 2. The molecule has 0 bridgehead atoms. The molecule has 2 aliphatic heterocycles. The van der Waals surface area contributed by atoms with Crippen molar-refractivity contribution in [1.82, 2.24) is 19.7 Å². The van der Waals surface area contributed by atoms with Crippen molar-refractivity contribution in [2.75, 3.05) is 50.8 Å². The van der Waals surface area contributed by atoms with E-state index < -0.39 is 17.2 Å². The highest BCUT2D eigenvalue weighted by Crippen LogP contribution is 2.42. The van der Waals surface area contributed by atoms with Gasteiger partial charge in [-0.05, 0) is 48.9 Å². The fourth-order valence-corrected chi connectivity index (χ4v) is 5.47. The molecule has 3 heterocycles. The van der Waals surface area contributed by atoms with Gasteiger partial charge in [-0.15, -0.1) is 0 Å². The molecule has 0 spiro atoms. The standard InChI is InChI=1S/C31H36F2N6O2/c1-2-4-26(34)5-3-12-37-13-15-38(16-14-37)27-7-9-28(10-8-27)40-19-24-18-31(41-20-24,21-39-23-35-22-36-39)29-11-6-25(32)17-30(29)33/h2-11,17,22-24H,1,12-16,18-21,34H2/b5-3-,26-4+/t24-,31?/m1/s1. The molecule has 2 atom stereocenters. The van der Waals surface area contributed by atoms with Crippen LogP contribution in [-0.2, 0) is 16.9 Å². The van der Waals surface area contributed by atoms with Crippen molar-refractivity contribution in [1.29, 1.82) is 0 Å². The van der Waals surface area contributed by atoms with Crippen LogP contribution in [0.4, 0.5) is 14.5 Å². The van der Waals surface area contributed by atoms with E-state index in [0.29, 0.717) is 30.9 Å². The zero-order valence-corrected chi connectivity index (χ0v) is 23.0. The van der Waals surface area contributed by atoms with Gasteiger partial charge in [-0.1, -0.05) is 24.8 Å². The highest BCUT2D eigenvalue weighted by atomic mass is 19.1. The molecular formula is C31H36F2N6O2. The van der Waals surface area contributed by atoms with E-state index in [1.54, 1.807) is 23.2 Å². The number of allylic oxidation sites excluding steroid dienone is 3. The minimum Gasteiger partial charge on any atom is -0.493 e. The van der Waals surface area contributed by atoms with Gasteiger partial charge in [0.2, 0.25) is 0 Å². The van der Waals surface area contributed by atoms with Crippen LogP contribution in [0.3, 0.4) is 0 Å². The van der Waals surface area contributed by atoms with Crippen LogP contribution in [0.15, 0.2) is 91.7 Å². The molecule has 3 aromatic rings. The maximum Gasteiger partial charge on any atom is 0.137 e. The van der Waals surface area contributed by atoms with Gasteiger partial charge >= 0.3 is 0 Å². The first-order valence-corrected chi connectivity index (χ1v) is 13.8. The topological polar surface area (TPSA) is 81.7 Å². The van der Waals surface area contributed by atoms with E-state index in [9.17, 15) is 8.78 Å². The second-order valence-electron chi connectivity index (χ2n) is 10.5. The zero-order chi connectivity index (χ0) is 28.7. The number of nitrogens with two attached hydrogens (primary N) is 1. The number of rotatable bonds is 11. The molecular weight excluding hydrogens is 526 g/mol. The molecule has 216 valence electrons. The van der Waals surface area contributed by atoms with Crippen LogP contribution in [0.5, 0.6) is 5.75 Å². The predicted octanol–water partition coefficient (Wildman–Crippen LogP) is 4.27. The van der Waals surface area contributed by atoms with Gasteiger partial charge in [-0.25, -0.2) is 18.4 Å². The van der Waals surface area contributed by atoms with Gasteiger partial charge in [0.05, 0.1) is 19.8 Å². The molecule has 41 heavy (non-hydrogen) atoms. The molecule has 0 radical (unpaired) electrons. The van der Waals surface area contributed by atoms with Gasteiger partial charge in [0.25, 0.3) is 0 Å². The SMILES string of the molecule is C=C/C=C(N)\C=C/CN1CCN(c2ccc(OC[C@@H]3COC(Cn4cncn4)(c4ccc(F)cc4F)C3)cc2)CC1. The van der Waals surface area contributed by atoms with Crippen LogP contribution in [-0.4, -0.2) is 65.6 Å². The lowest BCUT2D eigenvalue weighted by Crippen LogP contribution is -2.46. The summed E-state index contributed by atoms with van der Waals surface area (Å²) in [6.07, 6.45) is 11.0. The van der Waals surface area contributed by atoms with Gasteiger partial charge in [-0.3, -0.25) is 4.90 Å². The van der Waals surface area contributed by atoms with Crippen molar-refractivity contribution in [2.45, 2.75) is 18.6 Å². The molecule has 0 aliphatic carbocycles. The van der Waals surface area contributed by atoms with Gasteiger partial charge in [-0.2, -0.15) is 5.10 Å². The molecule has 2 aliphatic rings. The number of nitrogens with zero attached hydrogens (tertiary/aromatic N) is 5. The monoisotopic (exact) mass is 562 g/mol. The molecule has 8 nitrogen and oxygen atoms in total. The Labute approximate surface area is 239 Å². The maximum absolute atomic E-state index is 14.9. The van der Waals surface area contributed by atoms with Crippen LogP contribution in [0.2, 0.25) is 0 Å². The number of anilines is 1. The summed E-state index contributed by atoms with van der Waals surface area (Å²) < 4.78 is 42.4. The molecule has 2 aromatic carbocycles. The zero-order valence-electron chi connectivity index (χ0n) is 23.0. The number of hydrogen-bond acceptors (Lipinski definition) is 7. The fraction of sp³-hybridized carbons (Fsp3) is 0.355. The van der Waals surface area contributed by atoms with E-state index in [0.717, 1.165) is 50.2 Å². The molecule has 1 unspecified atom stereocenters. The summed E-state index contributed by atoms with van der Waals surface area (Å²) in [4.78, 5) is 8.76. The normalized spacial score (nSPS) is 22.0. The van der Waals surface area contributed by atoms with Crippen LogP contribution >= 0.6 is 0 Å². The minimum absolute atomic E-state index is 0.0207. The summed E-state index contributed by atoms with van der Waals surface area (Å²) >= 11 is 0. The highest BCUT2D eigenvalue weighted by molar-refractivity contribution is 5.49. The van der Waals surface area contributed by atoms with Crippen molar-refractivity contribution < 1.29 is 18.3 Å². The van der Waals surface area contributed by atoms with Crippen molar-refractivity contribution >= 4 is 5.69 Å². The van der Waals surface area contributed by atoms with E-state index in [1.165, 1.54) is 18.5 Å². The van der Waals surface area contributed by atoms with E-state index in [-0.39, 0.29) is 12.5 Å². The molecule has 10 heteroatoms. The maximum atomic E-state index is 14.9. The third kappa shape index (κ3) is 7.20. The number of aromatic nitrogens is 3. The summed E-state index contributed by atoms with van der Waals surface area (Å²) in [5, 5.41) is 4.17. The van der Waals surface area contributed by atoms with Gasteiger partial charge in [0.15, 0.2) is 0 Å². The molecule has 1 aromatic heterocycles. The average Bonchev–Trinajstić information content (AvgIpc) is 3.63. The Hall–Kier alpha value is -4.02. The van der Waals surface area contributed by atoms with Crippen LogP contribution < -0.4 is 15.4 Å². The summed E-state index contributed by atoms with van der Waals surface area (Å²) in [6.45, 7) is 9.43. The summed E-state index contributed by atoms with van der Waals surface area (Å²) in [5.41, 5.74) is 7.05. The third-order valence-corrected chi connectivity index (χ3v) is 7.56. The molecule has 0 amide bonds. The van der Waals surface area contributed by atoms with Crippen molar-refractivity contribution in [3.63, 3.8) is 0 Å². The predicted molar refractivity (Wildman–Crippen MR) is 154 cm³/mol. The summed E-state index contributed by atoms with van der Waals surface area (Å²) in [5.74, 6) is -0.470. The van der Waals surface area contributed by atoms with Crippen molar-refractivity contribution in [3.8, 4) is 5.75 Å². The number of benzene rings is 2. The van der Waals surface area contributed by atoms with E-state index >= 15 is 0 Å². The lowest BCUT2D eigenvalue weighted by atomic mass is 9.87. The first-order valence-electron chi connectivity index (χ1n) is 13.8. The van der Waals surface area contributed by atoms with Gasteiger partial charge < -0.3 is 20.1 Å². The first-order chi connectivity index (χ1) is 19.9. The third-order valence-electron chi connectivity index (χ3n) is 7.56. The number of hydrogen-bond donors (Lipinski definition) is 1. The fourth-order valence-electron chi connectivity index (χ4n) is 5.47. The van der Waals surface area contributed by atoms with E-state index in [1.807, 2.05) is 18.2 Å². The van der Waals surface area contributed by atoms with Crippen molar-refractivity contribution in [3.05, 3.63) is 109 Å². The molecule has 2 N–H and O–H groups in total. The Bertz CT molecular complexity index is 1350. The highest BCUT2D eigenvalue weighted by Gasteiger charge is 2.44. The Morgan fingerprint density at radius 2 is 1.95 bits per heavy atom. The molecule has 2 saturated heterocycles. The minimum atomic E-state index is -0.990. The largest absolute Gasteiger partial charge is 0.493 e. The second kappa shape index (κ2) is 13.1. The lowest BCUT2D eigenvalue weighted by molar-refractivity contribution is -0.0206. The average molecular weight is 563 g/mol. The molecule has 0 saturated carbocycles. The van der Waals surface area contributed by atoms with E-state index in [2.05, 4.69) is 44.7 Å².